The highest BCUT2D eigenvalue weighted by Crippen LogP contribution is 2.25. The molecule has 0 spiro atoms. The summed E-state index contributed by atoms with van der Waals surface area (Å²) in [4.78, 5) is 12.5. The van der Waals surface area contributed by atoms with Crippen LogP contribution in [-0.4, -0.2) is 34.0 Å². The molecule has 27 heavy (non-hydrogen) atoms. The molecular formula is C20H26N2O4S. The molecule has 0 aliphatic heterocycles. The second kappa shape index (κ2) is 9.41. The van der Waals surface area contributed by atoms with Crippen LogP contribution in [0.2, 0.25) is 0 Å². The van der Waals surface area contributed by atoms with Gasteiger partial charge in [-0.15, -0.1) is 0 Å². The average Bonchev–Trinajstić information content (AvgIpc) is 2.66. The molecule has 1 N–H and O–H groups in total. The lowest BCUT2D eigenvalue weighted by molar-refractivity contribution is -0.119. The van der Waals surface area contributed by atoms with Gasteiger partial charge >= 0.3 is 0 Å². The molecule has 0 aliphatic rings. The van der Waals surface area contributed by atoms with E-state index in [4.69, 9.17) is 4.74 Å². The highest BCUT2D eigenvalue weighted by molar-refractivity contribution is 7.92. The molecule has 0 saturated heterocycles. The largest absolute Gasteiger partial charge is 0.494 e. The van der Waals surface area contributed by atoms with Gasteiger partial charge in [0.25, 0.3) is 10.0 Å². The quantitative estimate of drug-likeness (QED) is 0.714. The number of ether oxygens (including phenoxy) is 1. The Morgan fingerprint density at radius 1 is 1.07 bits per heavy atom. The maximum Gasteiger partial charge on any atom is 0.264 e. The number of amides is 1. The third-order valence-corrected chi connectivity index (χ3v) is 5.55. The van der Waals surface area contributed by atoms with Gasteiger partial charge in [0.2, 0.25) is 5.91 Å². The van der Waals surface area contributed by atoms with Crippen molar-refractivity contribution in [2.24, 2.45) is 5.92 Å². The highest BCUT2D eigenvalue weighted by atomic mass is 32.2. The summed E-state index contributed by atoms with van der Waals surface area (Å²) >= 11 is 0. The van der Waals surface area contributed by atoms with Crippen molar-refractivity contribution in [3.05, 3.63) is 54.6 Å². The summed E-state index contributed by atoms with van der Waals surface area (Å²) in [7, 11) is -3.88. The SMILES string of the molecule is CCOc1ccc(N(CC(=O)NCC(C)C)S(=O)(=O)c2ccccc2)cc1. The fourth-order valence-electron chi connectivity index (χ4n) is 2.41. The Morgan fingerprint density at radius 2 is 1.70 bits per heavy atom. The normalized spacial score (nSPS) is 11.3. The molecule has 0 unspecified atom stereocenters. The van der Waals surface area contributed by atoms with E-state index >= 15 is 0 Å². The van der Waals surface area contributed by atoms with Crippen LogP contribution in [0, 0.1) is 5.92 Å². The van der Waals surface area contributed by atoms with Crippen molar-refractivity contribution < 1.29 is 17.9 Å². The van der Waals surface area contributed by atoms with Gasteiger partial charge in [-0.3, -0.25) is 9.10 Å². The number of carbonyl (C=O) groups is 1. The minimum atomic E-state index is -3.88. The Morgan fingerprint density at radius 3 is 2.26 bits per heavy atom. The summed E-state index contributed by atoms with van der Waals surface area (Å²) in [5.74, 6) is 0.568. The lowest BCUT2D eigenvalue weighted by Crippen LogP contribution is -2.41. The number of benzene rings is 2. The van der Waals surface area contributed by atoms with Crippen LogP contribution in [0.1, 0.15) is 20.8 Å². The maximum absolute atomic E-state index is 13.1. The fraction of sp³-hybridized carbons (Fsp3) is 0.350. The summed E-state index contributed by atoms with van der Waals surface area (Å²) < 4.78 is 32.8. The zero-order valence-corrected chi connectivity index (χ0v) is 16.7. The van der Waals surface area contributed by atoms with Crippen molar-refractivity contribution in [2.45, 2.75) is 25.7 Å². The van der Waals surface area contributed by atoms with Crippen LogP contribution in [0.4, 0.5) is 5.69 Å². The predicted molar refractivity (Wildman–Crippen MR) is 106 cm³/mol. The third kappa shape index (κ3) is 5.72. The van der Waals surface area contributed by atoms with E-state index in [-0.39, 0.29) is 23.3 Å². The van der Waals surface area contributed by atoms with Crippen molar-refractivity contribution in [3.8, 4) is 5.75 Å². The van der Waals surface area contributed by atoms with Gasteiger partial charge < -0.3 is 10.1 Å². The first-order chi connectivity index (χ1) is 12.8. The van der Waals surface area contributed by atoms with E-state index in [1.54, 1.807) is 42.5 Å². The molecule has 0 fully saturated rings. The number of sulfonamides is 1. The summed E-state index contributed by atoms with van der Waals surface area (Å²) in [5.41, 5.74) is 0.405. The van der Waals surface area contributed by atoms with Crippen LogP contribution >= 0.6 is 0 Å². The van der Waals surface area contributed by atoms with Crippen LogP contribution in [0.15, 0.2) is 59.5 Å². The van der Waals surface area contributed by atoms with E-state index in [2.05, 4.69) is 5.32 Å². The van der Waals surface area contributed by atoms with Crippen LogP contribution in [0.3, 0.4) is 0 Å². The van der Waals surface area contributed by atoms with Gasteiger partial charge in [0.15, 0.2) is 0 Å². The van der Waals surface area contributed by atoms with Crippen LogP contribution in [0.5, 0.6) is 5.75 Å². The number of nitrogens with one attached hydrogen (secondary N) is 1. The molecule has 7 heteroatoms. The van der Waals surface area contributed by atoms with E-state index in [1.165, 1.54) is 12.1 Å². The van der Waals surface area contributed by atoms with E-state index in [9.17, 15) is 13.2 Å². The van der Waals surface area contributed by atoms with E-state index in [1.807, 2.05) is 20.8 Å². The lowest BCUT2D eigenvalue weighted by atomic mass is 10.2. The summed E-state index contributed by atoms with van der Waals surface area (Å²) in [5, 5.41) is 2.77. The number of hydrogen-bond donors (Lipinski definition) is 1. The Labute approximate surface area is 161 Å². The highest BCUT2D eigenvalue weighted by Gasteiger charge is 2.27. The molecule has 146 valence electrons. The number of hydrogen-bond acceptors (Lipinski definition) is 4. The molecule has 0 radical (unpaired) electrons. The van der Waals surface area contributed by atoms with Gasteiger partial charge in [0.05, 0.1) is 17.2 Å². The van der Waals surface area contributed by atoms with E-state index in [0.717, 1.165) is 4.31 Å². The topological polar surface area (TPSA) is 75.7 Å². The van der Waals surface area contributed by atoms with Gasteiger partial charge in [0, 0.05) is 6.54 Å². The first kappa shape index (κ1) is 20.8. The fourth-order valence-corrected chi connectivity index (χ4v) is 3.86. The molecule has 0 aromatic heterocycles. The molecule has 2 aromatic carbocycles. The van der Waals surface area contributed by atoms with Gasteiger partial charge in [-0.2, -0.15) is 0 Å². The van der Waals surface area contributed by atoms with E-state index < -0.39 is 10.0 Å². The number of nitrogens with zero attached hydrogens (tertiary/aromatic N) is 1. The van der Waals surface area contributed by atoms with Crippen LogP contribution < -0.4 is 14.4 Å². The van der Waals surface area contributed by atoms with E-state index in [0.29, 0.717) is 24.6 Å². The minimum Gasteiger partial charge on any atom is -0.494 e. The molecular weight excluding hydrogens is 364 g/mol. The smallest absolute Gasteiger partial charge is 0.264 e. The second-order valence-corrected chi connectivity index (χ2v) is 8.31. The second-order valence-electron chi connectivity index (χ2n) is 6.45. The van der Waals surface area contributed by atoms with Crippen LogP contribution in [-0.2, 0) is 14.8 Å². The van der Waals surface area contributed by atoms with Gasteiger partial charge in [-0.05, 0) is 49.2 Å². The van der Waals surface area contributed by atoms with Gasteiger partial charge in [-0.25, -0.2) is 8.42 Å². The molecule has 0 aliphatic carbocycles. The van der Waals surface area contributed by atoms with Crippen LogP contribution in [0.25, 0.3) is 0 Å². The maximum atomic E-state index is 13.1. The van der Waals surface area contributed by atoms with Crippen molar-refractivity contribution >= 4 is 21.6 Å². The van der Waals surface area contributed by atoms with Gasteiger partial charge in [-0.1, -0.05) is 32.0 Å². The third-order valence-electron chi connectivity index (χ3n) is 3.76. The zero-order valence-electron chi connectivity index (χ0n) is 15.9. The monoisotopic (exact) mass is 390 g/mol. The molecule has 0 atom stereocenters. The molecule has 0 heterocycles. The summed E-state index contributed by atoms with van der Waals surface area (Å²) in [6.07, 6.45) is 0. The zero-order chi connectivity index (χ0) is 19.9. The Bertz CT molecular complexity index is 834. The Kier molecular flexibility index (Phi) is 7.24. The Balaban J connectivity index is 2.34. The first-order valence-electron chi connectivity index (χ1n) is 8.92. The standard InChI is InChI=1S/C20H26N2O4S/c1-4-26-18-12-10-17(11-13-18)22(15-20(23)21-14-16(2)3)27(24,25)19-8-6-5-7-9-19/h5-13,16H,4,14-15H2,1-3H3,(H,21,23). The average molecular weight is 391 g/mol. The molecule has 0 saturated carbocycles. The summed E-state index contributed by atoms with van der Waals surface area (Å²) in [6.45, 7) is 6.54. The van der Waals surface area contributed by atoms with Crippen molar-refractivity contribution in [2.75, 3.05) is 24.0 Å². The lowest BCUT2D eigenvalue weighted by Gasteiger charge is -2.24. The first-order valence-corrected chi connectivity index (χ1v) is 10.4. The molecule has 1 amide bonds. The molecule has 2 rings (SSSR count). The van der Waals surface area contributed by atoms with Crippen molar-refractivity contribution in [1.82, 2.24) is 5.32 Å². The molecule has 0 bridgehead atoms. The number of rotatable bonds is 9. The van der Waals surface area contributed by atoms with Gasteiger partial charge in [0.1, 0.15) is 12.3 Å². The Hall–Kier alpha value is -2.54. The molecule has 6 nitrogen and oxygen atoms in total. The molecule has 2 aromatic rings. The number of carbonyl (C=O) groups excluding carboxylic acids is 1. The van der Waals surface area contributed by atoms with Crippen molar-refractivity contribution in [3.63, 3.8) is 0 Å². The summed E-state index contributed by atoms with van der Waals surface area (Å²) in [6, 6.07) is 14.8. The predicted octanol–water partition coefficient (Wildman–Crippen LogP) is 3.05. The minimum absolute atomic E-state index is 0.135. The number of anilines is 1. The van der Waals surface area contributed by atoms with Crippen molar-refractivity contribution in [1.29, 1.82) is 0 Å².